The topological polar surface area (TPSA) is 44.7 Å². The van der Waals surface area contributed by atoms with Crippen LogP contribution in [0.4, 0.5) is 0 Å². The molecule has 1 aliphatic heterocycles. The van der Waals surface area contributed by atoms with Gasteiger partial charge in [-0.25, -0.2) is 0 Å². The lowest BCUT2D eigenvalue weighted by Gasteiger charge is -2.40. The molecule has 1 rings (SSSR count). The number of nitrogens with zero attached hydrogens (tertiary/aromatic N) is 1. The van der Waals surface area contributed by atoms with Gasteiger partial charge in [-0.2, -0.15) is 0 Å². The molecule has 0 aromatic carbocycles. The molecule has 0 radical (unpaired) electrons. The Bertz CT molecular complexity index is 190. The summed E-state index contributed by atoms with van der Waals surface area (Å²) in [5.74, 6) is 0. The number of aliphatic hydroxyl groups is 1. The number of likely N-dealkylation sites (N-methyl/N-ethyl adjacent to an activating group) is 1. The van der Waals surface area contributed by atoms with Crippen molar-refractivity contribution in [2.45, 2.75) is 44.9 Å². The van der Waals surface area contributed by atoms with Crippen molar-refractivity contribution in [1.82, 2.24) is 10.2 Å². The Kier molecular flexibility index (Phi) is 6.28. The SMILES string of the molecule is CCC1COC(C)CN1CC(CCO)NC. The van der Waals surface area contributed by atoms with E-state index >= 15 is 0 Å². The highest BCUT2D eigenvalue weighted by atomic mass is 16.5. The van der Waals surface area contributed by atoms with Crippen molar-refractivity contribution < 1.29 is 9.84 Å². The molecule has 0 aromatic heterocycles. The Labute approximate surface area is 99.0 Å². The fourth-order valence-electron chi connectivity index (χ4n) is 2.28. The molecule has 16 heavy (non-hydrogen) atoms. The van der Waals surface area contributed by atoms with E-state index in [4.69, 9.17) is 9.84 Å². The number of nitrogens with one attached hydrogen (secondary N) is 1. The molecule has 96 valence electrons. The summed E-state index contributed by atoms with van der Waals surface area (Å²) < 4.78 is 5.68. The molecule has 3 atom stereocenters. The molecule has 0 spiro atoms. The van der Waals surface area contributed by atoms with Crippen molar-refractivity contribution in [3.63, 3.8) is 0 Å². The van der Waals surface area contributed by atoms with Gasteiger partial charge in [0.25, 0.3) is 0 Å². The van der Waals surface area contributed by atoms with Gasteiger partial charge in [0.15, 0.2) is 0 Å². The summed E-state index contributed by atoms with van der Waals surface area (Å²) >= 11 is 0. The van der Waals surface area contributed by atoms with E-state index in [9.17, 15) is 0 Å². The monoisotopic (exact) mass is 230 g/mol. The highest BCUT2D eigenvalue weighted by molar-refractivity contribution is 4.81. The minimum absolute atomic E-state index is 0.252. The summed E-state index contributed by atoms with van der Waals surface area (Å²) in [6.45, 7) is 7.43. The zero-order valence-electron chi connectivity index (χ0n) is 10.8. The second-order valence-corrected chi connectivity index (χ2v) is 4.66. The summed E-state index contributed by atoms with van der Waals surface area (Å²) in [7, 11) is 1.96. The van der Waals surface area contributed by atoms with E-state index in [2.05, 4.69) is 24.1 Å². The van der Waals surface area contributed by atoms with Crippen LogP contribution in [0, 0.1) is 0 Å². The van der Waals surface area contributed by atoms with Crippen LogP contribution >= 0.6 is 0 Å². The van der Waals surface area contributed by atoms with Crippen LogP contribution in [0.1, 0.15) is 26.7 Å². The maximum absolute atomic E-state index is 8.99. The average Bonchev–Trinajstić information content (AvgIpc) is 2.29. The van der Waals surface area contributed by atoms with Gasteiger partial charge in [-0.3, -0.25) is 4.90 Å². The van der Waals surface area contributed by atoms with Crippen molar-refractivity contribution in [2.75, 3.05) is 33.4 Å². The van der Waals surface area contributed by atoms with E-state index in [0.717, 1.165) is 32.5 Å². The van der Waals surface area contributed by atoms with Crippen LogP contribution in [0.3, 0.4) is 0 Å². The Hall–Kier alpha value is -0.160. The first-order valence-electron chi connectivity index (χ1n) is 6.35. The molecule has 0 amide bonds. The van der Waals surface area contributed by atoms with Gasteiger partial charge in [-0.15, -0.1) is 0 Å². The molecule has 1 heterocycles. The van der Waals surface area contributed by atoms with E-state index < -0.39 is 0 Å². The molecule has 1 saturated heterocycles. The van der Waals surface area contributed by atoms with Crippen LogP contribution in [-0.4, -0.2) is 61.5 Å². The number of rotatable bonds is 6. The first-order chi connectivity index (χ1) is 7.71. The molecular weight excluding hydrogens is 204 g/mol. The summed E-state index contributed by atoms with van der Waals surface area (Å²) in [6.07, 6.45) is 2.27. The first-order valence-corrected chi connectivity index (χ1v) is 6.35. The van der Waals surface area contributed by atoms with E-state index in [0.29, 0.717) is 18.2 Å². The Morgan fingerprint density at radius 2 is 2.31 bits per heavy atom. The van der Waals surface area contributed by atoms with Gasteiger partial charge >= 0.3 is 0 Å². The Balaban J connectivity index is 2.46. The van der Waals surface area contributed by atoms with E-state index in [-0.39, 0.29) is 6.61 Å². The van der Waals surface area contributed by atoms with Gasteiger partial charge in [-0.1, -0.05) is 6.92 Å². The normalized spacial score (nSPS) is 29.2. The maximum Gasteiger partial charge on any atom is 0.0674 e. The molecule has 0 bridgehead atoms. The van der Waals surface area contributed by atoms with Crippen molar-refractivity contribution in [2.24, 2.45) is 0 Å². The highest BCUT2D eigenvalue weighted by Crippen LogP contribution is 2.15. The van der Waals surface area contributed by atoms with Crippen molar-refractivity contribution in [3.05, 3.63) is 0 Å². The summed E-state index contributed by atoms with van der Waals surface area (Å²) in [5, 5.41) is 12.3. The molecule has 4 nitrogen and oxygen atoms in total. The maximum atomic E-state index is 8.99. The second-order valence-electron chi connectivity index (χ2n) is 4.66. The largest absolute Gasteiger partial charge is 0.396 e. The minimum Gasteiger partial charge on any atom is -0.396 e. The van der Waals surface area contributed by atoms with Crippen molar-refractivity contribution >= 4 is 0 Å². The smallest absolute Gasteiger partial charge is 0.0674 e. The highest BCUT2D eigenvalue weighted by Gasteiger charge is 2.26. The van der Waals surface area contributed by atoms with E-state index in [1.165, 1.54) is 0 Å². The number of morpholine rings is 1. The Morgan fingerprint density at radius 1 is 1.56 bits per heavy atom. The molecule has 1 aliphatic rings. The molecule has 3 unspecified atom stereocenters. The zero-order chi connectivity index (χ0) is 12.0. The number of ether oxygens (including phenoxy) is 1. The van der Waals surface area contributed by atoms with Crippen LogP contribution in [-0.2, 0) is 4.74 Å². The predicted octanol–water partition coefficient (Wildman–Crippen LogP) is 0.456. The summed E-state index contributed by atoms with van der Waals surface area (Å²) in [5.41, 5.74) is 0. The van der Waals surface area contributed by atoms with Gasteiger partial charge in [0.1, 0.15) is 0 Å². The van der Waals surface area contributed by atoms with Gasteiger partial charge in [-0.05, 0) is 26.8 Å². The second kappa shape index (κ2) is 7.22. The molecule has 0 saturated carbocycles. The van der Waals surface area contributed by atoms with Crippen LogP contribution in [0.2, 0.25) is 0 Å². The van der Waals surface area contributed by atoms with E-state index in [1.807, 2.05) is 7.05 Å². The lowest BCUT2D eigenvalue weighted by atomic mass is 10.1. The first kappa shape index (κ1) is 13.9. The summed E-state index contributed by atoms with van der Waals surface area (Å²) in [6, 6.07) is 0.912. The standard InChI is InChI=1S/C12H26N2O2/c1-4-12-9-16-10(2)7-14(12)8-11(13-3)5-6-15/h10-13,15H,4-9H2,1-3H3. The van der Waals surface area contributed by atoms with Crippen LogP contribution in [0.15, 0.2) is 0 Å². The van der Waals surface area contributed by atoms with Crippen molar-refractivity contribution in [3.8, 4) is 0 Å². The Morgan fingerprint density at radius 3 is 2.88 bits per heavy atom. The van der Waals surface area contributed by atoms with Crippen molar-refractivity contribution in [1.29, 1.82) is 0 Å². The molecular formula is C12H26N2O2. The third-order valence-electron chi connectivity index (χ3n) is 3.39. The molecule has 2 N–H and O–H groups in total. The molecule has 1 fully saturated rings. The van der Waals surface area contributed by atoms with Crippen LogP contribution < -0.4 is 5.32 Å². The van der Waals surface area contributed by atoms with Gasteiger partial charge in [0.2, 0.25) is 0 Å². The fourth-order valence-corrected chi connectivity index (χ4v) is 2.28. The lowest BCUT2D eigenvalue weighted by molar-refractivity contribution is -0.0588. The molecule has 4 heteroatoms. The number of hydrogen-bond acceptors (Lipinski definition) is 4. The molecule has 0 aromatic rings. The number of aliphatic hydroxyl groups excluding tert-OH is 1. The third kappa shape index (κ3) is 4.01. The zero-order valence-corrected chi connectivity index (χ0v) is 10.8. The van der Waals surface area contributed by atoms with Crippen LogP contribution in [0.25, 0.3) is 0 Å². The fraction of sp³-hybridized carbons (Fsp3) is 1.00. The summed E-state index contributed by atoms with van der Waals surface area (Å²) in [4.78, 5) is 2.49. The number of hydrogen-bond donors (Lipinski definition) is 2. The van der Waals surface area contributed by atoms with Crippen LogP contribution in [0.5, 0.6) is 0 Å². The lowest BCUT2D eigenvalue weighted by Crippen LogP contribution is -2.52. The van der Waals surface area contributed by atoms with Gasteiger partial charge in [0.05, 0.1) is 12.7 Å². The predicted molar refractivity (Wildman–Crippen MR) is 65.6 cm³/mol. The third-order valence-corrected chi connectivity index (χ3v) is 3.39. The minimum atomic E-state index is 0.252. The van der Waals surface area contributed by atoms with E-state index in [1.54, 1.807) is 0 Å². The van der Waals surface area contributed by atoms with Gasteiger partial charge in [0, 0.05) is 31.8 Å². The quantitative estimate of drug-likeness (QED) is 0.696. The average molecular weight is 230 g/mol. The molecule has 0 aliphatic carbocycles. The van der Waals surface area contributed by atoms with Gasteiger partial charge < -0.3 is 15.2 Å².